The van der Waals surface area contributed by atoms with E-state index in [1.54, 1.807) is 24.3 Å². The van der Waals surface area contributed by atoms with Crippen molar-refractivity contribution in [3.8, 4) is 23.0 Å². The van der Waals surface area contributed by atoms with Gasteiger partial charge >= 0.3 is 0 Å². The molecule has 136 valence electrons. The van der Waals surface area contributed by atoms with Gasteiger partial charge in [0.1, 0.15) is 6.29 Å². The minimum absolute atomic E-state index is 0.0122. The van der Waals surface area contributed by atoms with Gasteiger partial charge in [0.2, 0.25) is 0 Å². The topological polar surface area (TPSA) is 96.2 Å². The van der Waals surface area contributed by atoms with E-state index in [1.165, 1.54) is 26.4 Å². The molecule has 0 bridgehead atoms. The van der Waals surface area contributed by atoms with Crippen molar-refractivity contribution in [3.63, 3.8) is 0 Å². The van der Waals surface area contributed by atoms with Crippen molar-refractivity contribution in [3.05, 3.63) is 52.6 Å². The number of phenolic OH excluding ortho intramolecular Hbond substituents is 2. The number of phenols is 2. The number of aliphatic hydroxyl groups is 1. The Morgan fingerprint density at radius 1 is 1.08 bits per heavy atom. The van der Waals surface area contributed by atoms with Crippen LogP contribution in [0.1, 0.15) is 22.6 Å². The van der Waals surface area contributed by atoms with Gasteiger partial charge in [-0.1, -0.05) is 12.1 Å². The second-order valence-electron chi connectivity index (χ2n) is 6.08. The number of fused-ring (bicyclic) bond motifs is 1. The molecule has 1 aliphatic carbocycles. The van der Waals surface area contributed by atoms with Crippen molar-refractivity contribution in [2.75, 3.05) is 20.8 Å². The first-order chi connectivity index (χ1) is 12.5. The fourth-order valence-corrected chi connectivity index (χ4v) is 3.56. The Hall–Kier alpha value is -2.99. The summed E-state index contributed by atoms with van der Waals surface area (Å²) in [6.07, 6.45) is 2.42. The molecular formula is C20H20O6. The first-order valence-electron chi connectivity index (χ1n) is 8.10. The van der Waals surface area contributed by atoms with Crippen LogP contribution in [0.25, 0.3) is 6.08 Å². The predicted octanol–water partition coefficient (Wildman–Crippen LogP) is 2.45. The van der Waals surface area contributed by atoms with E-state index in [2.05, 4.69) is 0 Å². The van der Waals surface area contributed by atoms with Crippen molar-refractivity contribution < 1.29 is 29.6 Å². The van der Waals surface area contributed by atoms with Crippen LogP contribution in [0.5, 0.6) is 23.0 Å². The summed E-state index contributed by atoms with van der Waals surface area (Å²) in [5.74, 6) is -0.452. The molecule has 0 saturated carbocycles. The molecule has 2 unspecified atom stereocenters. The minimum atomic E-state index is -0.523. The molecule has 26 heavy (non-hydrogen) atoms. The second kappa shape index (κ2) is 7.09. The molecule has 6 heteroatoms. The highest BCUT2D eigenvalue weighted by atomic mass is 16.5. The van der Waals surface area contributed by atoms with Crippen LogP contribution in [-0.4, -0.2) is 42.4 Å². The molecule has 3 N–H and O–H groups in total. The number of hydrogen-bond acceptors (Lipinski definition) is 6. The summed E-state index contributed by atoms with van der Waals surface area (Å²) in [6, 6.07) is 8.06. The SMILES string of the molecule is COc1cc(C2c3c(ccc(O)c3OC)C=C(C=O)C2CO)ccc1O. The molecule has 6 nitrogen and oxygen atoms in total. The summed E-state index contributed by atoms with van der Waals surface area (Å²) < 4.78 is 10.6. The van der Waals surface area contributed by atoms with Gasteiger partial charge in [0.05, 0.1) is 20.8 Å². The van der Waals surface area contributed by atoms with E-state index in [0.29, 0.717) is 16.9 Å². The molecule has 0 fully saturated rings. The molecule has 0 aromatic heterocycles. The summed E-state index contributed by atoms with van der Waals surface area (Å²) in [5.41, 5.74) is 2.56. The number of hydrogen-bond donors (Lipinski definition) is 3. The van der Waals surface area contributed by atoms with Gasteiger partial charge < -0.3 is 24.8 Å². The molecule has 0 saturated heterocycles. The lowest BCUT2D eigenvalue weighted by Crippen LogP contribution is -2.25. The van der Waals surface area contributed by atoms with Crippen molar-refractivity contribution in [2.24, 2.45) is 5.92 Å². The normalized spacial score (nSPS) is 18.7. The minimum Gasteiger partial charge on any atom is -0.504 e. The Balaban J connectivity index is 2.30. The molecule has 2 aromatic carbocycles. The summed E-state index contributed by atoms with van der Waals surface area (Å²) in [5, 5.41) is 30.1. The quantitative estimate of drug-likeness (QED) is 0.712. The number of aliphatic hydroxyl groups excluding tert-OH is 1. The zero-order chi connectivity index (χ0) is 18.8. The third-order valence-corrected chi connectivity index (χ3v) is 4.77. The third kappa shape index (κ3) is 2.78. The molecule has 0 spiro atoms. The average molecular weight is 356 g/mol. The molecular weight excluding hydrogens is 336 g/mol. The van der Waals surface area contributed by atoms with Crippen LogP contribution in [0.4, 0.5) is 0 Å². The van der Waals surface area contributed by atoms with Gasteiger partial charge in [-0.3, -0.25) is 4.79 Å². The molecule has 1 aliphatic rings. The highest BCUT2D eigenvalue weighted by molar-refractivity contribution is 5.86. The molecule has 2 aromatic rings. The monoisotopic (exact) mass is 356 g/mol. The van der Waals surface area contributed by atoms with Crippen LogP contribution < -0.4 is 9.47 Å². The van der Waals surface area contributed by atoms with E-state index in [9.17, 15) is 20.1 Å². The Bertz CT molecular complexity index is 871. The van der Waals surface area contributed by atoms with Gasteiger partial charge in [0.15, 0.2) is 23.0 Å². The number of carbonyl (C=O) groups is 1. The van der Waals surface area contributed by atoms with Crippen molar-refractivity contribution >= 4 is 12.4 Å². The van der Waals surface area contributed by atoms with Crippen molar-refractivity contribution in [1.29, 1.82) is 0 Å². The van der Waals surface area contributed by atoms with Gasteiger partial charge in [-0.05, 0) is 41.0 Å². The number of rotatable bonds is 5. The number of aromatic hydroxyl groups is 2. The van der Waals surface area contributed by atoms with Gasteiger partial charge in [0.25, 0.3) is 0 Å². The van der Waals surface area contributed by atoms with E-state index in [0.717, 1.165) is 17.4 Å². The van der Waals surface area contributed by atoms with Gasteiger partial charge in [0, 0.05) is 17.4 Å². The number of ether oxygens (including phenoxy) is 2. The third-order valence-electron chi connectivity index (χ3n) is 4.77. The van der Waals surface area contributed by atoms with E-state index in [-0.39, 0.29) is 23.9 Å². The van der Waals surface area contributed by atoms with Crippen molar-refractivity contribution in [2.45, 2.75) is 5.92 Å². The molecule has 0 aliphatic heterocycles. The van der Waals surface area contributed by atoms with Crippen LogP contribution in [0, 0.1) is 5.92 Å². The number of benzene rings is 2. The largest absolute Gasteiger partial charge is 0.504 e. The molecule has 0 radical (unpaired) electrons. The highest BCUT2D eigenvalue weighted by Crippen LogP contribution is 2.49. The van der Waals surface area contributed by atoms with Crippen molar-refractivity contribution in [1.82, 2.24) is 0 Å². The summed E-state index contributed by atoms with van der Waals surface area (Å²) in [7, 11) is 2.90. The Kier molecular flexibility index (Phi) is 4.86. The highest BCUT2D eigenvalue weighted by Gasteiger charge is 2.36. The maximum Gasteiger partial charge on any atom is 0.164 e. The fourth-order valence-electron chi connectivity index (χ4n) is 3.56. The Labute approximate surface area is 150 Å². The lowest BCUT2D eigenvalue weighted by molar-refractivity contribution is -0.105. The Morgan fingerprint density at radius 2 is 1.81 bits per heavy atom. The van der Waals surface area contributed by atoms with E-state index < -0.39 is 11.8 Å². The zero-order valence-electron chi connectivity index (χ0n) is 14.5. The lowest BCUT2D eigenvalue weighted by atomic mass is 9.71. The van der Waals surface area contributed by atoms with E-state index in [4.69, 9.17) is 9.47 Å². The Morgan fingerprint density at radius 3 is 2.42 bits per heavy atom. The fraction of sp³-hybridized carbons (Fsp3) is 0.250. The van der Waals surface area contributed by atoms with Crippen LogP contribution in [0.15, 0.2) is 35.9 Å². The molecule has 2 atom stereocenters. The maximum atomic E-state index is 11.6. The first kappa shape index (κ1) is 17.8. The smallest absolute Gasteiger partial charge is 0.164 e. The molecule has 0 amide bonds. The first-order valence-corrected chi connectivity index (χ1v) is 8.10. The summed E-state index contributed by atoms with van der Waals surface area (Å²) >= 11 is 0. The summed E-state index contributed by atoms with van der Waals surface area (Å²) in [4.78, 5) is 11.6. The van der Waals surface area contributed by atoms with E-state index >= 15 is 0 Å². The number of carbonyl (C=O) groups excluding carboxylic acids is 1. The van der Waals surface area contributed by atoms with Gasteiger partial charge in [-0.25, -0.2) is 0 Å². The average Bonchev–Trinajstić information content (AvgIpc) is 2.67. The molecule has 0 heterocycles. The van der Waals surface area contributed by atoms with Crippen LogP contribution in [-0.2, 0) is 4.79 Å². The van der Waals surface area contributed by atoms with Crippen LogP contribution in [0.3, 0.4) is 0 Å². The number of methoxy groups -OCH3 is 2. The summed E-state index contributed by atoms with van der Waals surface area (Å²) in [6.45, 7) is -0.267. The van der Waals surface area contributed by atoms with Crippen LogP contribution in [0.2, 0.25) is 0 Å². The molecule has 3 rings (SSSR count). The van der Waals surface area contributed by atoms with E-state index in [1.807, 2.05) is 0 Å². The van der Waals surface area contributed by atoms with Gasteiger partial charge in [-0.2, -0.15) is 0 Å². The second-order valence-corrected chi connectivity index (χ2v) is 6.08. The maximum absolute atomic E-state index is 11.6. The number of aldehydes is 1. The zero-order valence-corrected chi connectivity index (χ0v) is 14.5. The standard InChI is InChI=1S/C20H20O6/c1-25-17-8-12(3-5-15(17)23)18-14(10-22)13(9-21)7-11-4-6-16(24)20(26-2)19(11)18/h3-9,14,18,22-24H,10H2,1-2H3. The lowest BCUT2D eigenvalue weighted by Gasteiger charge is -2.33. The predicted molar refractivity (Wildman–Crippen MR) is 95.8 cm³/mol. The van der Waals surface area contributed by atoms with Crippen LogP contribution >= 0.6 is 0 Å². The van der Waals surface area contributed by atoms with Gasteiger partial charge in [-0.15, -0.1) is 0 Å².